The van der Waals surface area contributed by atoms with Gasteiger partial charge < -0.3 is 10.2 Å². The van der Waals surface area contributed by atoms with E-state index in [-0.39, 0.29) is 0 Å². The second-order valence-corrected chi connectivity index (χ2v) is 2.26. The van der Waals surface area contributed by atoms with Gasteiger partial charge in [0.25, 0.3) is 0 Å². The Morgan fingerprint density at radius 3 is 2.73 bits per heavy atom. The summed E-state index contributed by atoms with van der Waals surface area (Å²) in [7, 11) is 0. The van der Waals surface area contributed by atoms with Crippen LogP contribution in [0.15, 0.2) is 35.5 Å². The van der Waals surface area contributed by atoms with Crippen LogP contribution < -0.4 is 5.32 Å². The lowest BCUT2D eigenvalue weighted by Gasteiger charge is -1.96. The van der Waals surface area contributed by atoms with Crippen LogP contribution in [0.1, 0.15) is 5.56 Å². The molecule has 0 radical (unpaired) electrons. The van der Waals surface area contributed by atoms with Gasteiger partial charge in [0.05, 0.1) is 0 Å². The van der Waals surface area contributed by atoms with Crippen molar-refractivity contribution in [3.05, 3.63) is 35.9 Å². The molecule has 0 aromatic heterocycles. The van der Waals surface area contributed by atoms with Crippen LogP contribution in [0.3, 0.4) is 0 Å². The predicted octanol–water partition coefficient (Wildman–Crippen LogP) is 0.925. The first-order valence-corrected chi connectivity index (χ1v) is 3.46. The van der Waals surface area contributed by atoms with Crippen LogP contribution >= 0.6 is 0 Å². The fourth-order valence-corrected chi connectivity index (χ4v) is 0.981. The van der Waals surface area contributed by atoms with Crippen molar-refractivity contribution < 1.29 is 4.84 Å². The van der Waals surface area contributed by atoms with Crippen LogP contribution in [0.5, 0.6) is 0 Å². The van der Waals surface area contributed by atoms with Crippen LogP contribution in [-0.2, 0) is 4.84 Å². The zero-order valence-electron chi connectivity index (χ0n) is 5.95. The highest BCUT2D eigenvalue weighted by Crippen LogP contribution is 2.02. The molecule has 2 rings (SSSR count). The molecule has 0 spiro atoms. The summed E-state index contributed by atoms with van der Waals surface area (Å²) >= 11 is 0. The van der Waals surface area contributed by atoms with E-state index in [2.05, 4.69) is 10.5 Å². The predicted molar refractivity (Wildman–Crippen MR) is 42.1 cm³/mol. The number of hydrogen-bond donors (Lipinski definition) is 1. The Kier molecular flexibility index (Phi) is 1.48. The number of rotatable bonds is 1. The first kappa shape index (κ1) is 6.22. The Balaban J connectivity index is 2.29. The third-order valence-electron chi connectivity index (χ3n) is 1.51. The van der Waals surface area contributed by atoms with Crippen LogP contribution in [0.2, 0.25) is 0 Å². The Hall–Kier alpha value is -1.51. The molecule has 0 amide bonds. The number of oxime groups is 1. The van der Waals surface area contributed by atoms with Crippen molar-refractivity contribution in [1.29, 1.82) is 0 Å². The quantitative estimate of drug-likeness (QED) is 0.642. The van der Waals surface area contributed by atoms with Crippen LogP contribution in [-0.4, -0.2) is 12.6 Å². The van der Waals surface area contributed by atoms with E-state index in [1.54, 1.807) is 0 Å². The molecule has 0 saturated heterocycles. The van der Waals surface area contributed by atoms with Gasteiger partial charge in [-0.1, -0.05) is 35.5 Å². The number of amidine groups is 1. The van der Waals surface area contributed by atoms with Crippen molar-refractivity contribution >= 4 is 5.84 Å². The Morgan fingerprint density at radius 2 is 2.09 bits per heavy atom. The normalized spacial score (nSPS) is 15.1. The molecule has 3 heteroatoms. The maximum atomic E-state index is 4.79. The van der Waals surface area contributed by atoms with Gasteiger partial charge in [0.15, 0.2) is 12.6 Å². The van der Waals surface area contributed by atoms with Crippen LogP contribution in [0.25, 0.3) is 0 Å². The molecule has 0 fully saturated rings. The summed E-state index contributed by atoms with van der Waals surface area (Å²) in [6.45, 7) is 0.476. The molecular weight excluding hydrogens is 140 g/mol. The van der Waals surface area contributed by atoms with Gasteiger partial charge in [-0.2, -0.15) is 0 Å². The van der Waals surface area contributed by atoms with Crippen molar-refractivity contribution in [3.8, 4) is 0 Å². The molecule has 11 heavy (non-hydrogen) atoms. The molecule has 56 valence electrons. The molecule has 1 heterocycles. The molecule has 1 aliphatic rings. The van der Waals surface area contributed by atoms with Crippen LogP contribution in [0.4, 0.5) is 0 Å². The molecule has 0 aliphatic carbocycles. The number of hydrogen-bond acceptors (Lipinski definition) is 3. The van der Waals surface area contributed by atoms with Gasteiger partial charge in [0.1, 0.15) is 0 Å². The van der Waals surface area contributed by atoms with Gasteiger partial charge >= 0.3 is 0 Å². The van der Waals surface area contributed by atoms with E-state index < -0.39 is 0 Å². The maximum Gasteiger partial charge on any atom is 0.188 e. The van der Waals surface area contributed by atoms with Crippen molar-refractivity contribution in [3.63, 3.8) is 0 Å². The lowest BCUT2D eigenvalue weighted by Crippen LogP contribution is -2.18. The Morgan fingerprint density at radius 1 is 1.27 bits per heavy atom. The summed E-state index contributed by atoms with van der Waals surface area (Å²) in [5.41, 5.74) is 1.06. The highest BCUT2D eigenvalue weighted by molar-refractivity contribution is 5.98. The lowest BCUT2D eigenvalue weighted by molar-refractivity contribution is 0.164. The largest absolute Gasteiger partial charge is 0.372 e. The van der Waals surface area contributed by atoms with E-state index in [0.717, 1.165) is 11.4 Å². The minimum atomic E-state index is 0.476. The lowest BCUT2D eigenvalue weighted by atomic mass is 10.2. The first-order chi connectivity index (χ1) is 5.47. The van der Waals surface area contributed by atoms with Crippen molar-refractivity contribution in [1.82, 2.24) is 5.32 Å². The van der Waals surface area contributed by atoms with Crippen LogP contribution in [0, 0.1) is 0 Å². The number of nitrogens with one attached hydrogen (secondary N) is 1. The molecule has 1 N–H and O–H groups in total. The van der Waals surface area contributed by atoms with Gasteiger partial charge in [-0.15, -0.1) is 0 Å². The van der Waals surface area contributed by atoms with E-state index in [0.29, 0.717) is 6.73 Å². The van der Waals surface area contributed by atoms with Gasteiger partial charge in [0.2, 0.25) is 0 Å². The molecule has 3 nitrogen and oxygen atoms in total. The molecule has 0 unspecified atom stereocenters. The van der Waals surface area contributed by atoms with Crippen molar-refractivity contribution in [2.75, 3.05) is 6.73 Å². The summed E-state index contributed by atoms with van der Waals surface area (Å²) in [6.07, 6.45) is 0. The molecule has 0 saturated carbocycles. The van der Waals surface area contributed by atoms with Crippen molar-refractivity contribution in [2.45, 2.75) is 0 Å². The van der Waals surface area contributed by atoms with Crippen molar-refractivity contribution in [2.24, 2.45) is 5.16 Å². The van der Waals surface area contributed by atoms with Gasteiger partial charge in [0, 0.05) is 5.56 Å². The molecule has 0 atom stereocenters. The highest BCUT2D eigenvalue weighted by atomic mass is 16.6. The zero-order valence-corrected chi connectivity index (χ0v) is 5.95. The molecule has 1 aliphatic heterocycles. The van der Waals surface area contributed by atoms with Gasteiger partial charge in [-0.3, -0.25) is 0 Å². The minimum absolute atomic E-state index is 0.476. The zero-order chi connectivity index (χ0) is 7.52. The van der Waals surface area contributed by atoms with E-state index in [1.165, 1.54) is 0 Å². The summed E-state index contributed by atoms with van der Waals surface area (Å²) in [5.74, 6) is 0.811. The second kappa shape index (κ2) is 2.62. The van der Waals surface area contributed by atoms with E-state index in [9.17, 15) is 0 Å². The maximum absolute atomic E-state index is 4.79. The minimum Gasteiger partial charge on any atom is -0.372 e. The third kappa shape index (κ3) is 1.17. The summed E-state index contributed by atoms with van der Waals surface area (Å²) in [6, 6.07) is 9.89. The SMILES string of the molecule is c1ccc(C2=NOCN2)cc1. The molecule has 1 aromatic rings. The fourth-order valence-electron chi connectivity index (χ4n) is 0.981. The van der Waals surface area contributed by atoms with E-state index in [4.69, 9.17) is 4.84 Å². The Labute approximate surface area is 64.7 Å². The number of benzene rings is 1. The standard InChI is InChI=1S/C8H8N2O/c1-2-4-7(5-3-1)8-9-6-11-10-8/h1-5H,6H2,(H,9,10). The average molecular weight is 148 g/mol. The molecule has 0 bridgehead atoms. The fraction of sp³-hybridized carbons (Fsp3) is 0.125. The average Bonchev–Trinajstić information content (AvgIpc) is 2.58. The van der Waals surface area contributed by atoms with Gasteiger partial charge in [-0.25, -0.2) is 0 Å². The summed E-state index contributed by atoms with van der Waals surface area (Å²) in [5, 5.41) is 6.81. The van der Waals surface area contributed by atoms with E-state index in [1.807, 2.05) is 30.3 Å². The third-order valence-corrected chi connectivity index (χ3v) is 1.51. The first-order valence-electron chi connectivity index (χ1n) is 3.46. The Bertz CT molecular complexity index is 269. The van der Waals surface area contributed by atoms with E-state index >= 15 is 0 Å². The summed E-state index contributed by atoms with van der Waals surface area (Å²) in [4.78, 5) is 4.79. The highest BCUT2D eigenvalue weighted by Gasteiger charge is 2.06. The topological polar surface area (TPSA) is 33.6 Å². The molecule has 1 aromatic carbocycles. The number of nitrogens with zero attached hydrogens (tertiary/aromatic N) is 1. The monoisotopic (exact) mass is 148 g/mol. The smallest absolute Gasteiger partial charge is 0.188 e. The van der Waals surface area contributed by atoms with Gasteiger partial charge in [-0.05, 0) is 0 Å². The molecular formula is C8H8N2O. The second-order valence-electron chi connectivity index (χ2n) is 2.26. The summed E-state index contributed by atoms with van der Waals surface area (Å²) < 4.78 is 0.